The first-order valence-electron chi connectivity index (χ1n) is 8.39. The Morgan fingerprint density at radius 3 is 2.58 bits per heavy atom. The van der Waals surface area contributed by atoms with Crippen LogP contribution in [0.2, 0.25) is 0 Å². The number of carbonyl (C=O) groups is 1. The van der Waals surface area contributed by atoms with Gasteiger partial charge in [0.1, 0.15) is 11.1 Å². The molecular formula is C18H20N6OS. The number of piperazine rings is 1. The van der Waals surface area contributed by atoms with Crippen molar-refractivity contribution in [1.82, 2.24) is 19.9 Å². The fraction of sp³-hybridized carbons (Fsp3) is 0.389. The lowest BCUT2D eigenvalue weighted by molar-refractivity contribution is -0.128. The third-order valence-electron chi connectivity index (χ3n) is 4.22. The molecule has 2 aromatic rings. The number of rotatable bonds is 4. The molecule has 1 aliphatic heterocycles. The number of nitrogens with zero attached hydrogens (tertiary/aromatic N) is 6. The second-order valence-electron chi connectivity index (χ2n) is 6.08. The summed E-state index contributed by atoms with van der Waals surface area (Å²) in [6.07, 6.45) is 3.44. The van der Waals surface area contributed by atoms with Gasteiger partial charge in [-0.15, -0.1) is 0 Å². The Kier molecular flexibility index (Phi) is 5.68. The first-order chi connectivity index (χ1) is 12.6. The Bertz CT molecular complexity index is 828. The van der Waals surface area contributed by atoms with Gasteiger partial charge in [0.05, 0.1) is 11.3 Å². The molecule has 0 spiro atoms. The van der Waals surface area contributed by atoms with Crippen LogP contribution < -0.4 is 4.90 Å². The monoisotopic (exact) mass is 368 g/mol. The normalized spacial score (nSPS) is 14.2. The van der Waals surface area contributed by atoms with Crippen molar-refractivity contribution in [2.24, 2.45) is 0 Å². The van der Waals surface area contributed by atoms with E-state index in [0.717, 1.165) is 11.3 Å². The number of hydrogen-bond acceptors (Lipinski definition) is 7. The van der Waals surface area contributed by atoms with Crippen molar-refractivity contribution >= 4 is 23.6 Å². The Morgan fingerprint density at radius 1 is 1.23 bits per heavy atom. The third kappa shape index (κ3) is 4.11. The van der Waals surface area contributed by atoms with Crippen LogP contribution in [0.5, 0.6) is 0 Å². The maximum atomic E-state index is 12.5. The van der Waals surface area contributed by atoms with Gasteiger partial charge in [-0.05, 0) is 31.5 Å². The van der Waals surface area contributed by atoms with Crippen LogP contribution >= 0.6 is 11.8 Å². The molecule has 3 rings (SSSR count). The number of nitriles is 1. The predicted molar refractivity (Wildman–Crippen MR) is 100.0 cm³/mol. The SMILES string of the molecule is Cc1cc(C)c(C#N)c(SCC(=O)N2CCN(c3ncccn3)CC2)n1. The van der Waals surface area contributed by atoms with Crippen LogP contribution in [-0.4, -0.2) is 57.7 Å². The van der Waals surface area contributed by atoms with E-state index in [2.05, 4.69) is 25.9 Å². The Hall–Kier alpha value is -2.66. The quantitative estimate of drug-likeness (QED) is 0.761. The van der Waals surface area contributed by atoms with E-state index in [1.165, 1.54) is 11.8 Å². The average molecular weight is 368 g/mol. The summed E-state index contributed by atoms with van der Waals surface area (Å²) in [7, 11) is 0. The molecule has 7 nitrogen and oxygen atoms in total. The highest BCUT2D eigenvalue weighted by atomic mass is 32.2. The van der Waals surface area contributed by atoms with E-state index in [1.807, 2.05) is 24.8 Å². The highest BCUT2D eigenvalue weighted by Crippen LogP contribution is 2.24. The number of aryl methyl sites for hydroxylation is 2. The van der Waals surface area contributed by atoms with Gasteiger partial charge in [0.15, 0.2) is 0 Å². The van der Waals surface area contributed by atoms with Crippen molar-refractivity contribution in [1.29, 1.82) is 5.26 Å². The van der Waals surface area contributed by atoms with Gasteiger partial charge < -0.3 is 9.80 Å². The van der Waals surface area contributed by atoms with Gasteiger partial charge in [-0.1, -0.05) is 11.8 Å². The molecule has 1 amide bonds. The fourth-order valence-corrected chi connectivity index (χ4v) is 3.88. The molecule has 8 heteroatoms. The van der Waals surface area contributed by atoms with Crippen molar-refractivity contribution in [2.75, 3.05) is 36.8 Å². The van der Waals surface area contributed by atoms with Gasteiger partial charge in [0.25, 0.3) is 0 Å². The number of hydrogen-bond donors (Lipinski definition) is 0. The third-order valence-corrected chi connectivity index (χ3v) is 5.18. The molecule has 0 bridgehead atoms. The fourth-order valence-electron chi connectivity index (χ4n) is 2.87. The highest BCUT2D eigenvalue weighted by Gasteiger charge is 2.23. The van der Waals surface area contributed by atoms with Crippen LogP contribution in [0.25, 0.3) is 0 Å². The molecule has 0 N–H and O–H groups in total. The number of amides is 1. The summed E-state index contributed by atoms with van der Waals surface area (Å²) in [5.41, 5.74) is 2.30. The van der Waals surface area contributed by atoms with Gasteiger partial charge in [-0.3, -0.25) is 4.79 Å². The zero-order valence-electron chi connectivity index (χ0n) is 14.8. The van der Waals surface area contributed by atoms with E-state index < -0.39 is 0 Å². The van der Waals surface area contributed by atoms with Gasteiger partial charge in [-0.25, -0.2) is 15.0 Å². The van der Waals surface area contributed by atoms with Gasteiger partial charge >= 0.3 is 0 Å². The van der Waals surface area contributed by atoms with Crippen LogP contribution in [0.1, 0.15) is 16.8 Å². The lowest BCUT2D eigenvalue weighted by Crippen LogP contribution is -2.49. The highest BCUT2D eigenvalue weighted by molar-refractivity contribution is 8.00. The molecule has 0 saturated carbocycles. The summed E-state index contributed by atoms with van der Waals surface area (Å²) in [5, 5.41) is 9.96. The van der Waals surface area contributed by atoms with Crippen molar-refractivity contribution in [3.05, 3.63) is 41.3 Å². The number of anilines is 1. The first-order valence-corrected chi connectivity index (χ1v) is 9.38. The van der Waals surface area contributed by atoms with E-state index in [1.54, 1.807) is 18.5 Å². The second kappa shape index (κ2) is 8.15. The molecule has 2 aromatic heterocycles. The minimum Gasteiger partial charge on any atom is -0.338 e. The Balaban J connectivity index is 1.56. The van der Waals surface area contributed by atoms with Crippen LogP contribution in [0.3, 0.4) is 0 Å². The first kappa shape index (κ1) is 18.1. The second-order valence-corrected chi connectivity index (χ2v) is 7.04. The average Bonchev–Trinajstić information content (AvgIpc) is 2.66. The molecule has 0 atom stereocenters. The Morgan fingerprint density at radius 2 is 1.92 bits per heavy atom. The molecule has 0 unspecified atom stereocenters. The molecule has 134 valence electrons. The zero-order valence-corrected chi connectivity index (χ0v) is 15.7. The lowest BCUT2D eigenvalue weighted by atomic mass is 10.1. The zero-order chi connectivity index (χ0) is 18.5. The summed E-state index contributed by atoms with van der Waals surface area (Å²) in [4.78, 5) is 29.4. The summed E-state index contributed by atoms with van der Waals surface area (Å²) < 4.78 is 0. The summed E-state index contributed by atoms with van der Waals surface area (Å²) in [5.74, 6) is 1.05. The molecule has 0 radical (unpaired) electrons. The Labute approximate surface area is 157 Å². The molecule has 1 fully saturated rings. The minimum absolute atomic E-state index is 0.0634. The standard InChI is InChI=1S/C18H20N6OS/c1-13-10-14(2)22-17(15(13)11-19)26-12-16(25)23-6-8-24(9-7-23)18-20-4-3-5-21-18/h3-5,10H,6-9,12H2,1-2H3. The maximum absolute atomic E-state index is 12.5. The van der Waals surface area contributed by atoms with E-state index in [9.17, 15) is 10.1 Å². The molecule has 0 aliphatic carbocycles. The van der Waals surface area contributed by atoms with Gasteiger partial charge in [0.2, 0.25) is 11.9 Å². The van der Waals surface area contributed by atoms with Gasteiger partial charge in [0, 0.05) is 44.3 Å². The van der Waals surface area contributed by atoms with Crippen LogP contribution in [0, 0.1) is 25.2 Å². The van der Waals surface area contributed by atoms with Crippen molar-refractivity contribution in [2.45, 2.75) is 18.9 Å². The van der Waals surface area contributed by atoms with E-state index >= 15 is 0 Å². The summed E-state index contributed by atoms with van der Waals surface area (Å²) in [6, 6.07) is 5.86. The van der Waals surface area contributed by atoms with Crippen molar-refractivity contribution < 1.29 is 4.79 Å². The topological polar surface area (TPSA) is 86.0 Å². The van der Waals surface area contributed by atoms with Crippen molar-refractivity contribution in [3.63, 3.8) is 0 Å². The van der Waals surface area contributed by atoms with E-state index in [-0.39, 0.29) is 11.7 Å². The van der Waals surface area contributed by atoms with Gasteiger partial charge in [-0.2, -0.15) is 5.26 Å². The predicted octanol–water partition coefficient (Wildman–Crippen LogP) is 1.80. The van der Waals surface area contributed by atoms with E-state index in [0.29, 0.717) is 42.7 Å². The lowest BCUT2D eigenvalue weighted by Gasteiger charge is -2.34. The number of aromatic nitrogens is 3. The number of pyridine rings is 1. The number of thioether (sulfide) groups is 1. The molecule has 1 saturated heterocycles. The summed E-state index contributed by atoms with van der Waals surface area (Å²) >= 11 is 1.34. The summed E-state index contributed by atoms with van der Waals surface area (Å²) in [6.45, 7) is 6.50. The van der Waals surface area contributed by atoms with E-state index in [4.69, 9.17) is 0 Å². The van der Waals surface area contributed by atoms with Crippen molar-refractivity contribution in [3.8, 4) is 6.07 Å². The molecule has 3 heterocycles. The molecule has 1 aliphatic rings. The number of carbonyl (C=O) groups excluding carboxylic acids is 1. The molecular weight excluding hydrogens is 348 g/mol. The molecule has 26 heavy (non-hydrogen) atoms. The van der Waals surface area contributed by atoms with Crippen LogP contribution in [0.4, 0.5) is 5.95 Å². The maximum Gasteiger partial charge on any atom is 0.233 e. The largest absolute Gasteiger partial charge is 0.338 e. The van der Waals surface area contributed by atoms with Crippen LogP contribution in [-0.2, 0) is 4.79 Å². The minimum atomic E-state index is 0.0634. The molecule has 0 aromatic carbocycles. The smallest absolute Gasteiger partial charge is 0.233 e. The van der Waals surface area contributed by atoms with Crippen LogP contribution in [0.15, 0.2) is 29.6 Å².